The Labute approximate surface area is 59.3 Å². The van der Waals surface area contributed by atoms with E-state index in [0.717, 1.165) is 0 Å². The van der Waals surface area contributed by atoms with Gasteiger partial charge in [0, 0.05) is 0 Å². The lowest BCUT2D eigenvalue weighted by Gasteiger charge is -2.15. The highest BCUT2D eigenvalue weighted by Crippen LogP contribution is 2.14. The molecule has 10 heavy (non-hydrogen) atoms. The Balaban J connectivity index is 0. The third-order valence-electron chi connectivity index (χ3n) is 0.849. The number of quaternary nitrogens is 2. The van der Waals surface area contributed by atoms with Crippen molar-refractivity contribution in [2.75, 3.05) is 0 Å². The van der Waals surface area contributed by atoms with Crippen LogP contribution in [-0.2, 0) is 0 Å². The summed E-state index contributed by atoms with van der Waals surface area (Å²) in [5.41, 5.74) is 0. The van der Waals surface area contributed by atoms with E-state index >= 15 is 0 Å². The molecule has 0 aliphatic heterocycles. The van der Waals surface area contributed by atoms with Crippen LogP contribution in [0.2, 0.25) is 0 Å². The molecule has 1 aromatic rings. The molecule has 0 amide bonds. The Morgan fingerprint density at radius 2 is 1.10 bits per heavy atom. The molecule has 0 bridgehead atoms. The van der Waals surface area contributed by atoms with E-state index in [1.54, 1.807) is 12.1 Å². The molecule has 0 atom stereocenters. The van der Waals surface area contributed by atoms with Crippen LogP contribution in [0.25, 0.3) is 0 Å². The molecular weight excluding hydrogens is 132 g/mol. The van der Waals surface area contributed by atoms with Gasteiger partial charge in [-0.05, 0) is 0 Å². The topological polar surface area (TPSA) is 119 Å². The van der Waals surface area contributed by atoms with Gasteiger partial charge >= 0.3 is 0 Å². The summed E-state index contributed by atoms with van der Waals surface area (Å²) in [6.07, 6.45) is 0. The van der Waals surface area contributed by atoms with Crippen LogP contribution in [0.1, 0.15) is 0 Å². The van der Waals surface area contributed by atoms with Crippen LogP contribution < -0.4 is 22.5 Å². The lowest BCUT2D eigenvalue weighted by molar-refractivity contribution is -0.317. The van der Waals surface area contributed by atoms with Gasteiger partial charge in [-0.2, -0.15) is 0 Å². The fourth-order valence-corrected chi connectivity index (χ4v) is 0.450. The molecule has 1 rings (SSSR count). The summed E-state index contributed by atoms with van der Waals surface area (Å²) in [5.74, 6) is -0.875. The third-order valence-corrected chi connectivity index (χ3v) is 0.849. The Bertz CT molecular complexity index is 170. The maximum absolute atomic E-state index is 10.3. The summed E-state index contributed by atoms with van der Waals surface area (Å²) >= 11 is 0. The lowest BCUT2D eigenvalue weighted by atomic mass is 10.3. The van der Waals surface area contributed by atoms with Gasteiger partial charge < -0.3 is 22.5 Å². The van der Waals surface area contributed by atoms with Crippen LogP contribution in [-0.4, -0.2) is 0 Å². The molecule has 0 heterocycles. The fraction of sp³-hybridized carbons (Fsp3) is 0. The second-order valence-electron chi connectivity index (χ2n) is 1.45. The maximum Gasteiger partial charge on any atom is -0.0629 e. The molecule has 0 radical (unpaired) electrons. The smallest absolute Gasteiger partial charge is 0.0629 e. The highest BCUT2D eigenvalue weighted by Gasteiger charge is 1.71. The third kappa shape index (κ3) is 2.34. The summed E-state index contributed by atoms with van der Waals surface area (Å²) in [4.78, 5) is 0. The quantitative estimate of drug-likeness (QED) is 0.553. The van der Waals surface area contributed by atoms with Gasteiger partial charge in [-0.1, -0.05) is 24.3 Å². The Morgan fingerprint density at radius 3 is 1.30 bits per heavy atom. The standard InChI is InChI=1S/C6H6O2.2H3N/c7-5-3-1-2-4-6(5)8;;/h1-4,7-8H;2*1H3. The minimum absolute atomic E-state index is 0. The van der Waals surface area contributed by atoms with Gasteiger partial charge in [-0.3, -0.25) is 0 Å². The zero-order valence-electron chi connectivity index (χ0n) is 6.13. The number of para-hydroxylation sites is 2. The van der Waals surface area contributed by atoms with Crippen LogP contribution in [0.4, 0.5) is 0 Å². The van der Waals surface area contributed by atoms with E-state index in [1.807, 2.05) is 0 Å². The molecule has 4 nitrogen and oxygen atoms in total. The number of hydrogen-bond acceptors (Lipinski definition) is 2. The van der Waals surface area contributed by atoms with Crippen molar-refractivity contribution >= 4 is 0 Å². The Morgan fingerprint density at radius 1 is 0.800 bits per heavy atom. The molecule has 0 spiro atoms. The summed E-state index contributed by atoms with van der Waals surface area (Å²) in [6, 6.07) is 5.60. The van der Waals surface area contributed by atoms with E-state index in [-0.39, 0.29) is 12.3 Å². The SMILES string of the molecule is [NH4+].[NH4+].[O-]c1ccccc1[O-]. The predicted molar refractivity (Wildman–Crippen MR) is 37.3 cm³/mol. The monoisotopic (exact) mass is 144 g/mol. The van der Waals surface area contributed by atoms with Crippen molar-refractivity contribution in [1.82, 2.24) is 12.3 Å². The summed E-state index contributed by atoms with van der Waals surface area (Å²) in [5, 5.41) is 20.6. The Hall–Kier alpha value is -1.26. The normalized spacial score (nSPS) is 7.20. The van der Waals surface area contributed by atoms with E-state index in [1.165, 1.54) is 12.1 Å². The van der Waals surface area contributed by atoms with Crippen molar-refractivity contribution in [2.45, 2.75) is 0 Å². The summed E-state index contributed by atoms with van der Waals surface area (Å²) in [6.45, 7) is 0. The molecular formula is C6H12N2O2. The van der Waals surface area contributed by atoms with E-state index in [0.29, 0.717) is 0 Å². The summed E-state index contributed by atoms with van der Waals surface area (Å²) < 4.78 is 0. The van der Waals surface area contributed by atoms with Crippen molar-refractivity contribution in [3.8, 4) is 11.5 Å². The molecule has 0 aliphatic carbocycles. The van der Waals surface area contributed by atoms with Gasteiger partial charge in [-0.25, -0.2) is 0 Å². The second kappa shape index (κ2) is 4.60. The predicted octanol–water partition coefficient (Wildman–Crippen LogP) is 0.586. The van der Waals surface area contributed by atoms with Gasteiger partial charge in [-0.15, -0.1) is 11.5 Å². The largest absolute Gasteiger partial charge is 0.873 e. The van der Waals surface area contributed by atoms with Gasteiger partial charge in [0.1, 0.15) is 0 Å². The van der Waals surface area contributed by atoms with Crippen LogP contribution in [0, 0.1) is 0 Å². The average Bonchev–Trinajstić information content (AvgIpc) is 1.77. The molecule has 0 aromatic heterocycles. The summed E-state index contributed by atoms with van der Waals surface area (Å²) in [7, 11) is 0. The van der Waals surface area contributed by atoms with Gasteiger partial charge in [0.05, 0.1) is 0 Å². The zero-order valence-corrected chi connectivity index (χ0v) is 6.13. The van der Waals surface area contributed by atoms with Crippen LogP contribution in [0.5, 0.6) is 11.5 Å². The van der Waals surface area contributed by atoms with E-state index in [2.05, 4.69) is 0 Å². The maximum atomic E-state index is 10.3. The number of hydrogen-bond donors (Lipinski definition) is 2. The van der Waals surface area contributed by atoms with Crippen molar-refractivity contribution in [2.24, 2.45) is 0 Å². The molecule has 0 fully saturated rings. The first kappa shape index (κ1) is 11.5. The highest BCUT2D eigenvalue weighted by atomic mass is 16.3. The average molecular weight is 144 g/mol. The molecule has 1 aromatic carbocycles. The van der Waals surface area contributed by atoms with Crippen LogP contribution in [0.15, 0.2) is 24.3 Å². The molecule has 0 saturated carbocycles. The van der Waals surface area contributed by atoms with Crippen molar-refractivity contribution < 1.29 is 10.2 Å². The van der Waals surface area contributed by atoms with Crippen molar-refractivity contribution in [3.63, 3.8) is 0 Å². The first-order valence-electron chi connectivity index (χ1n) is 2.24. The highest BCUT2D eigenvalue weighted by molar-refractivity contribution is 5.33. The van der Waals surface area contributed by atoms with Gasteiger partial charge in [0.15, 0.2) is 0 Å². The lowest BCUT2D eigenvalue weighted by Crippen LogP contribution is -1.97. The molecule has 0 aliphatic rings. The first-order chi connectivity index (χ1) is 3.80. The minimum Gasteiger partial charge on any atom is -0.873 e. The number of benzene rings is 1. The molecule has 58 valence electrons. The van der Waals surface area contributed by atoms with Crippen LogP contribution in [0.3, 0.4) is 0 Å². The van der Waals surface area contributed by atoms with E-state index in [4.69, 9.17) is 0 Å². The van der Waals surface area contributed by atoms with Gasteiger partial charge in [0.2, 0.25) is 0 Å². The first-order valence-corrected chi connectivity index (χ1v) is 2.24. The molecule has 0 unspecified atom stereocenters. The fourth-order valence-electron chi connectivity index (χ4n) is 0.450. The molecule has 8 N–H and O–H groups in total. The van der Waals surface area contributed by atoms with E-state index < -0.39 is 11.5 Å². The van der Waals surface area contributed by atoms with Crippen LogP contribution >= 0.6 is 0 Å². The van der Waals surface area contributed by atoms with E-state index in [9.17, 15) is 10.2 Å². The number of rotatable bonds is 0. The Kier molecular flexibility index (Phi) is 5.31. The zero-order chi connectivity index (χ0) is 5.98. The minimum atomic E-state index is -0.437. The van der Waals surface area contributed by atoms with Crippen molar-refractivity contribution in [3.05, 3.63) is 24.3 Å². The second-order valence-corrected chi connectivity index (χ2v) is 1.45. The van der Waals surface area contributed by atoms with Crippen molar-refractivity contribution in [1.29, 1.82) is 0 Å². The molecule has 0 saturated heterocycles. The molecule has 4 heteroatoms. The van der Waals surface area contributed by atoms with Gasteiger partial charge in [0.25, 0.3) is 0 Å².